The first-order valence-corrected chi connectivity index (χ1v) is 8.40. The minimum atomic E-state index is -0.435. The minimum Gasteiger partial charge on any atom is -0.497 e. The SMILES string of the molecule is COc1cc(CCNC(=O)OCCc2ccccc2OC)cc(OC)c1. The molecule has 0 spiro atoms. The molecule has 0 heterocycles. The number of hydrogen-bond donors (Lipinski definition) is 1. The summed E-state index contributed by atoms with van der Waals surface area (Å²) in [6, 6.07) is 13.3. The number of rotatable bonds is 9. The van der Waals surface area contributed by atoms with Crippen LogP contribution >= 0.6 is 0 Å². The van der Waals surface area contributed by atoms with E-state index < -0.39 is 6.09 Å². The summed E-state index contributed by atoms with van der Waals surface area (Å²) in [5.41, 5.74) is 2.02. The average molecular weight is 359 g/mol. The Balaban J connectivity index is 1.74. The Morgan fingerprint density at radius 2 is 1.62 bits per heavy atom. The maximum Gasteiger partial charge on any atom is 0.407 e. The summed E-state index contributed by atoms with van der Waals surface area (Å²) in [5.74, 6) is 2.24. The van der Waals surface area contributed by atoms with Crippen molar-refractivity contribution in [2.75, 3.05) is 34.5 Å². The van der Waals surface area contributed by atoms with E-state index in [1.54, 1.807) is 21.3 Å². The summed E-state index contributed by atoms with van der Waals surface area (Å²) in [6.07, 6.45) is 0.814. The highest BCUT2D eigenvalue weighted by atomic mass is 16.5. The highest BCUT2D eigenvalue weighted by Gasteiger charge is 2.06. The van der Waals surface area contributed by atoms with E-state index in [-0.39, 0.29) is 0 Å². The monoisotopic (exact) mass is 359 g/mol. The van der Waals surface area contributed by atoms with Gasteiger partial charge < -0.3 is 24.3 Å². The number of benzene rings is 2. The second-order valence-corrected chi connectivity index (χ2v) is 5.60. The zero-order valence-corrected chi connectivity index (χ0v) is 15.4. The molecule has 6 heteroatoms. The van der Waals surface area contributed by atoms with Crippen LogP contribution in [0.5, 0.6) is 17.2 Å². The highest BCUT2D eigenvalue weighted by Crippen LogP contribution is 2.22. The molecular formula is C20H25NO5. The second-order valence-electron chi connectivity index (χ2n) is 5.60. The lowest BCUT2D eigenvalue weighted by molar-refractivity contribution is 0.147. The number of amides is 1. The van der Waals surface area contributed by atoms with Crippen LogP contribution in [0.2, 0.25) is 0 Å². The van der Waals surface area contributed by atoms with Crippen molar-refractivity contribution in [2.24, 2.45) is 0 Å². The molecule has 0 fully saturated rings. The van der Waals surface area contributed by atoms with E-state index in [1.807, 2.05) is 42.5 Å². The number of para-hydroxylation sites is 1. The van der Waals surface area contributed by atoms with Gasteiger partial charge in [0.1, 0.15) is 17.2 Å². The van der Waals surface area contributed by atoms with Crippen molar-refractivity contribution in [3.8, 4) is 17.2 Å². The van der Waals surface area contributed by atoms with Crippen LogP contribution in [0.15, 0.2) is 42.5 Å². The van der Waals surface area contributed by atoms with Crippen molar-refractivity contribution in [1.82, 2.24) is 5.32 Å². The Bertz CT molecular complexity index is 695. The van der Waals surface area contributed by atoms with E-state index in [0.29, 0.717) is 26.0 Å². The molecule has 2 rings (SSSR count). The third kappa shape index (κ3) is 5.88. The summed E-state index contributed by atoms with van der Waals surface area (Å²) < 4.78 is 21.0. The maximum absolute atomic E-state index is 11.8. The zero-order valence-electron chi connectivity index (χ0n) is 15.4. The fraction of sp³-hybridized carbons (Fsp3) is 0.350. The molecule has 1 N–H and O–H groups in total. The molecule has 0 saturated heterocycles. The molecule has 0 unspecified atom stereocenters. The lowest BCUT2D eigenvalue weighted by Gasteiger charge is -2.10. The molecule has 0 aliphatic rings. The number of carbonyl (C=O) groups excluding carboxylic acids is 1. The van der Waals surface area contributed by atoms with E-state index in [2.05, 4.69) is 5.32 Å². The van der Waals surface area contributed by atoms with Gasteiger partial charge in [-0.15, -0.1) is 0 Å². The van der Waals surface area contributed by atoms with Gasteiger partial charge in [0.05, 0.1) is 27.9 Å². The van der Waals surface area contributed by atoms with E-state index in [9.17, 15) is 4.79 Å². The van der Waals surface area contributed by atoms with E-state index in [1.165, 1.54) is 0 Å². The Hall–Kier alpha value is -2.89. The van der Waals surface area contributed by atoms with Crippen LogP contribution < -0.4 is 19.5 Å². The van der Waals surface area contributed by atoms with Crippen LogP contribution in [0.4, 0.5) is 4.79 Å². The Morgan fingerprint density at radius 3 is 2.27 bits per heavy atom. The first-order valence-electron chi connectivity index (χ1n) is 8.40. The third-order valence-corrected chi connectivity index (χ3v) is 3.89. The lowest BCUT2D eigenvalue weighted by Crippen LogP contribution is -2.27. The zero-order chi connectivity index (χ0) is 18.8. The second kappa shape index (κ2) is 10.2. The molecule has 0 saturated carbocycles. The first kappa shape index (κ1) is 19.4. The van der Waals surface area contributed by atoms with Gasteiger partial charge in [0.2, 0.25) is 0 Å². The van der Waals surface area contributed by atoms with Gasteiger partial charge in [-0.1, -0.05) is 18.2 Å². The predicted octanol–water partition coefficient (Wildman–Crippen LogP) is 3.22. The van der Waals surface area contributed by atoms with Crippen molar-refractivity contribution in [2.45, 2.75) is 12.8 Å². The number of hydrogen-bond acceptors (Lipinski definition) is 5. The van der Waals surface area contributed by atoms with Gasteiger partial charge in [-0.2, -0.15) is 0 Å². The van der Waals surface area contributed by atoms with Crippen molar-refractivity contribution in [3.05, 3.63) is 53.6 Å². The summed E-state index contributed by atoms with van der Waals surface area (Å²) >= 11 is 0. The van der Waals surface area contributed by atoms with Crippen molar-refractivity contribution in [1.29, 1.82) is 0 Å². The average Bonchev–Trinajstić information content (AvgIpc) is 2.68. The summed E-state index contributed by atoms with van der Waals surface area (Å²) in [7, 11) is 4.84. The van der Waals surface area contributed by atoms with Gasteiger partial charge in [-0.05, 0) is 35.7 Å². The van der Waals surface area contributed by atoms with Gasteiger partial charge in [0.15, 0.2) is 0 Å². The molecule has 2 aromatic rings. The molecule has 0 bridgehead atoms. The number of alkyl carbamates (subject to hydrolysis) is 1. The van der Waals surface area contributed by atoms with Crippen LogP contribution in [-0.4, -0.2) is 40.6 Å². The van der Waals surface area contributed by atoms with Crippen LogP contribution in [0, 0.1) is 0 Å². The van der Waals surface area contributed by atoms with Crippen LogP contribution in [0.1, 0.15) is 11.1 Å². The number of nitrogens with one attached hydrogen (secondary N) is 1. The smallest absolute Gasteiger partial charge is 0.407 e. The fourth-order valence-corrected chi connectivity index (χ4v) is 2.53. The van der Waals surface area contributed by atoms with E-state index in [4.69, 9.17) is 18.9 Å². The molecule has 0 aromatic heterocycles. The molecule has 1 amide bonds. The van der Waals surface area contributed by atoms with Crippen LogP contribution in [-0.2, 0) is 17.6 Å². The molecule has 26 heavy (non-hydrogen) atoms. The molecular weight excluding hydrogens is 334 g/mol. The minimum absolute atomic E-state index is 0.291. The Morgan fingerprint density at radius 1 is 0.923 bits per heavy atom. The lowest BCUT2D eigenvalue weighted by atomic mass is 10.1. The Kier molecular flexibility index (Phi) is 7.61. The molecule has 0 radical (unpaired) electrons. The van der Waals surface area contributed by atoms with Crippen molar-refractivity contribution < 1.29 is 23.7 Å². The van der Waals surface area contributed by atoms with E-state index in [0.717, 1.165) is 28.4 Å². The topological polar surface area (TPSA) is 66.0 Å². The van der Waals surface area contributed by atoms with Crippen LogP contribution in [0.3, 0.4) is 0 Å². The van der Waals surface area contributed by atoms with Gasteiger partial charge in [-0.25, -0.2) is 4.79 Å². The highest BCUT2D eigenvalue weighted by molar-refractivity contribution is 5.67. The molecule has 0 aliphatic heterocycles. The van der Waals surface area contributed by atoms with Gasteiger partial charge in [0.25, 0.3) is 0 Å². The van der Waals surface area contributed by atoms with E-state index >= 15 is 0 Å². The van der Waals surface area contributed by atoms with Crippen LogP contribution in [0.25, 0.3) is 0 Å². The quantitative estimate of drug-likeness (QED) is 0.745. The van der Waals surface area contributed by atoms with Gasteiger partial charge in [-0.3, -0.25) is 0 Å². The number of carbonyl (C=O) groups is 1. The first-order chi connectivity index (χ1) is 12.7. The van der Waals surface area contributed by atoms with Gasteiger partial charge in [0, 0.05) is 19.0 Å². The maximum atomic E-state index is 11.8. The summed E-state index contributed by atoms with van der Waals surface area (Å²) in [5, 5.41) is 2.75. The normalized spacial score (nSPS) is 10.1. The van der Waals surface area contributed by atoms with Gasteiger partial charge >= 0.3 is 6.09 Å². The molecule has 140 valence electrons. The standard InChI is InChI=1S/C20H25NO5/c1-23-17-12-15(13-18(14-17)24-2)8-10-21-20(22)26-11-9-16-6-4-5-7-19(16)25-3/h4-7,12-14H,8-11H2,1-3H3,(H,21,22). The largest absolute Gasteiger partial charge is 0.497 e. The Labute approximate surface area is 154 Å². The summed E-state index contributed by atoms with van der Waals surface area (Å²) in [4.78, 5) is 11.8. The number of ether oxygens (including phenoxy) is 4. The van der Waals surface area contributed by atoms with Crippen molar-refractivity contribution >= 4 is 6.09 Å². The fourth-order valence-electron chi connectivity index (χ4n) is 2.53. The van der Waals surface area contributed by atoms with Crippen molar-refractivity contribution in [3.63, 3.8) is 0 Å². The molecule has 0 atom stereocenters. The number of methoxy groups -OCH3 is 3. The molecule has 0 aliphatic carbocycles. The molecule has 6 nitrogen and oxygen atoms in total. The summed E-state index contributed by atoms with van der Waals surface area (Å²) in [6.45, 7) is 0.753. The molecule has 2 aromatic carbocycles. The predicted molar refractivity (Wildman–Crippen MR) is 99.3 cm³/mol. The third-order valence-electron chi connectivity index (χ3n) is 3.89.